The summed E-state index contributed by atoms with van der Waals surface area (Å²) in [5.74, 6) is -2.67. The van der Waals surface area contributed by atoms with Crippen molar-refractivity contribution >= 4 is 29.4 Å². The molecule has 1 unspecified atom stereocenters. The minimum absolute atomic E-state index is 0.0617. The number of esters is 2. The van der Waals surface area contributed by atoms with Crippen LogP contribution in [0.25, 0.3) is 0 Å². The highest BCUT2D eigenvalue weighted by Crippen LogP contribution is 2.12. The van der Waals surface area contributed by atoms with E-state index in [1.165, 1.54) is 31.6 Å². The molecule has 0 spiro atoms. The first-order valence-electron chi connectivity index (χ1n) is 8.81. The molecule has 9 nitrogen and oxygen atoms in total. The van der Waals surface area contributed by atoms with Crippen molar-refractivity contribution in [2.45, 2.75) is 19.9 Å². The van der Waals surface area contributed by atoms with E-state index >= 15 is 0 Å². The van der Waals surface area contributed by atoms with E-state index in [2.05, 4.69) is 15.4 Å². The molecule has 1 atom stereocenters. The summed E-state index contributed by atoms with van der Waals surface area (Å²) >= 11 is 0. The first kappa shape index (κ1) is 21.7. The molecule has 9 heteroatoms. The number of hydrogen-bond acceptors (Lipinski definition) is 7. The Morgan fingerprint density at radius 3 is 2.48 bits per heavy atom. The predicted octanol–water partition coefficient (Wildman–Crippen LogP) is 2.00. The molecule has 2 amide bonds. The zero-order chi connectivity index (χ0) is 21.4. The standard InChI is InChI=1S/C20H22N2O7/c1-12(2)17(22-18(24)15-8-5-9-28-15)20(26)29-11-16(23)21-14-7-4-6-13(10-14)19(25)27-3/h4-10,12,17H,11H2,1-3H3,(H,21,23)(H,22,24). The zero-order valence-corrected chi connectivity index (χ0v) is 16.3. The summed E-state index contributed by atoms with van der Waals surface area (Å²) in [5.41, 5.74) is 0.614. The lowest BCUT2D eigenvalue weighted by atomic mass is 10.0. The van der Waals surface area contributed by atoms with Crippen molar-refractivity contribution in [2.75, 3.05) is 19.0 Å². The van der Waals surface area contributed by atoms with Gasteiger partial charge in [-0.3, -0.25) is 9.59 Å². The van der Waals surface area contributed by atoms with Gasteiger partial charge in [-0.1, -0.05) is 19.9 Å². The van der Waals surface area contributed by atoms with Crippen molar-refractivity contribution in [3.8, 4) is 0 Å². The molecule has 1 aromatic heterocycles. The van der Waals surface area contributed by atoms with E-state index in [0.29, 0.717) is 5.69 Å². The third-order valence-corrected chi connectivity index (χ3v) is 3.87. The molecule has 0 aliphatic carbocycles. The molecule has 0 fully saturated rings. The third kappa shape index (κ3) is 6.20. The molecule has 29 heavy (non-hydrogen) atoms. The Labute approximate surface area is 167 Å². The van der Waals surface area contributed by atoms with Crippen LogP contribution >= 0.6 is 0 Å². The SMILES string of the molecule is COC(=O)c1cccc(NC(=O)COC(=O)C(NC(=O)c2ccco2)C(C)C)c1. The fourth-order valence-corrected chi connectivity index (χ4v) is 2.38. The maximum Gasteiger partial charge on any atom is 0.337 e. The maximum absolute atomic E-state index is 12.3. The van der Waals surface area contributed by atoms with E-state index < -0.39 is 36.4 Å². The van der Waals surface area contributed by atoms with Gasteiger partial charge in [0.2, 0.25) is 0 Å². The van der Waals surface area contributed by atoms with E-state index in [0.717, 1.165) is 0 Å². The Kier molecular flexibility index (Phi) is 7.53. The molecule has 2 rings (SSSR count). The second-order valence-electron chi connectivity index (χ2n) is 6.40. The number of anilines is 1. The second-order valence-corrected chi connectivity index (χ2v) is 6.40. The number of carbonyl (C=O) groups is 4. The average Bonchev–Trinajstić information content (AvgIpc) is 3.24. The number of nitrogens with one attached hydrogen (secondary N) is 2. The molecule has 1 aromatic carbocycles. The fourth-order valence-electron chi connectivity index (χ4n) is 2.38. The van der Waals surface area contributed by atoms with Crippen molar-refractivity contribution in [1.29, 1.82) is 0 Å². The van der Waals surface area contributed by atoms with Gasteiger partial charge < -0.3 is 24.5 Å². The lowest BCUT2D eigenvalue weighted by molar-refractivity contribution is -0.150. The molecule has 0 radical (unpaired) electrons. The highest BCUT2D eigenvalue weighted by Gasteiger charge is 2.27. The van der Waals surface area contributed by atoms with Crippen molar-refractivity contribution < 1.29 is 33.1 Å². The number of ether oxygens (including phenoxy) is 2. The molecule has 0 saturated carbocycles. The summed E-state index contributed by atoms with van der Waals surface area (Å²) in [6, 6.07) is 8.19. The number of methoxy groups -OCH3 is 1. The van der Waals surface area contributed by atoms with Gasteiger partial charge in [0.25, 0.3) is 11.8 Å². The van der Waals surface area contributed by atoms with Gasteiger partial charge >= 0.3 is 11.9 Å². The average molecular weight is 402 g/mol. The summed E-state index contributed by atoms with van der Waals surface area (Å²) in [6.45, 7) is 2.90. The van der Waals surface area contributed by atoms with Crippen molar-refractivity contribution in [3.63, 3.8) is 0 Å². The molecule has 2 N–H and O–H groups in total. The van der Waals surface area contributed by atoms with Crippen molar-refractivity contribution in [1.82, 2.24) is 5.32 Å². The summed E-state index contributed by atoms with van der Waals surface area (Å²) in [4.78, 5) is 48.0. The van der Waals surface area contributed by atoms with Crippen molar-refractivity contribution in [2.24, 2.45) is 5.92 Å². The monoisotopic (exact) mass is 402 g/mol. The topological polar surface area (TPSA) is 124 Å². The van der Waals surface area contributed by atoms with Crippen LogP contribution in [0.1, 0.15) is 34.8 Å². The third-order valence-electron chi connectivity index (χ3n) is 3.87. The highest BCUT2D eigenvalue weighted by molar-refractivity contribution is 5.97. The lowest BCUT2D eigenvalue weighted by Gasteiger charge is -2.20. The van der Waals surface area contributed by atoms with Crippen LogP contribution < -0.4 is 10.6 Å². The summed E-state index contributed by atoms with van der Waals surface area (Å²) in [6.07, 6.45) is 1.34. The van der Waals surface area contributed by atoms with Crippen LogP contribution in [0.3, 0.4) is 0 Å². The highest BCUT2D eigenvalue weighted by atomic mass is 16.5. The van der Waals surface area contributed by atoms with Crippen LogP contribution in [0, 0.1) is 5.92 Å². The maximum atomic E-state index is 12.3. The lowest BCUT2D eigenvalue weighted by Crippen LogP contribution is -2.45. The summed E-state index contributed by atoms with van der Waals surface area (Å²) in [7, 11) is 1.25. The number of rotatable bonds is 8. The minimum atomic E-state index is -0.956. The van der Waals surface area contributed by atoms with E-state index in [1.54, 1.807) is 32.0 Å². The predicted molar refractivity (Wildman–Crippen MR) is 102 cm³/mol. The first-order valence-corrected chi connectivity index (χ1v) is 8.81. The number of carbonyl (C=O) groups excluding carboxylic acids is 4. The Hall–Kier alpha value is -3.62. The van der Waals surface area contributed by atoms with Gasteiger partial charge in [0.1, 0.15) is 6.04 Å². The van der Waals surface area contributed by atoms with Crippen LogP contribution in [0.4, 0.5) is 5.69 Å². The zero-order valence-electron chi connectivity index (χ0n) is 16.3. The molecular formula is C20H22N2O7. The van der Waals surface area contributed by atoms with E-state index in [9.17, 15) is 19.2 Å². The molecule has 2 aromatic rings. The Morgan fingerprint density at radius 1 is 1.10 bits per heavy atom. The van der Waals surface area contributed by atoms with Crippen LogP contribution in [-0.4, -0.2) is 43.5 Å². The number of furan rings is 1. The Bertz CT molecular complexity index is 875. The Morgan fingerprint density at radius 2 is 1.86 bits per heavy atom. The molecule has 0 saturated heterocycles. The quantitative estimate of drug-likeness (QED) is 0.647. The van der Waals surface area contributed by atoms with Gasteiger partial charge in [0.15, 0.2) is 12.4 Å². The molecule has 0 aliphatic heterocycles. The molecule has 0 aliphatic rings. The van der Waals surface area contributed by atoms with Gasteiger partial charge in [-0.2, -0.15) is 0 Å². The molecule has 1 heterocycles. The van der Waals surface area contributed by atoms with E-state index in [4.69, 9.17) is 9.15 Å². The van der Waals surface area contributed by atoms with Gasteiger partial charge in [0.05, 0.1) is 18.9 Å². The normalized spacial score (nSPS) is 11.4. The largest absolute Gasteiger partial charge is 0.465 e. The number of hydrogen-bond donors (Lipinski definition) is 2. The number of amides is 2. The van der Waals surface area contributed by atoms with E-state index in [-0.39, 0.29) is 17.2 Å². The van der Waals surface area contributed by atoms with Gasteiger partial charge in [-0.05, 0) is 36.2 Å². The van der Waals surface area contributed by atoms with Gasteiger partial charge in [-0.15, -0.1) is 0 Å². The van der Waals surface area contributed by atoms with Crippen LogP contribution in [0.15, 0.2) is 47.1 Å². The molecular weight excluding hydrogens is 380 g/mol. The summed E-state index contributed by atoms with van der Waals surface area (Å²) < 4.78 is 14.6. The van der Waals surface area contributed by atoms with Gasteiger partial charge in [-0.25, -0.2) is 9.59 Å². The second kappa shape index (κ2) is 10.1. The minimum Gasteiger partial charge on any atom is -0.465 e. The summed E-state index contributed by atoms with van der Waals surface area (Å²) in [5, 5.41) is 5.05. The van der Waals surface area contributed by atoms with Crippen LogP contribution in [0.5, 0.6) is 0 Å². The smallest absolute Gasteiger partial charge is 0.337 e. The van der Waals surface area contributed by atoms with Crippen LogP contribution in [0.2, 0.25) is 0 Å². The molecule has 0 bridgehead atoms. The Balaban J connectivity index is 1.91. The van der Waals surface area contributed by atoms with E-state index in [1.807, 2.05) is 0 Å². The molecule has 154 valence electrons. The first-order chi connectivity index (χ1) is 13.8. The van der Waals surface area contributed by atoms with Crippen molar-refractivity contribution in [3.05, 3.63) is 54.0 Å². The fraction of sp³-hybridized carbons (Fsp3) is 0.300. The number of benzene rings is 1. The van der Waals surface area contributed by atoms with Crippen LogP contribution in [-0.2, 0) is 19.1 Å². The van der Waals surface area contributed by atoms with Gasteiger partial charge in [0, 0.05) is 5.69 Å².